The Morgan fingerprint density at radius 1 is 1.82 bits per heavy atom. The second-order valence-corrected chi connectivity index (χ2v) is 3.42. The van der Waals surface area contributed by atoms with E-state index < -0.39 is 0 Å². The molecular formula is C7H8BrClN2. The predicted molar refractivity (Wildman–Crippen MR) is 49.8 cm³/mol. The maximum atomic E-state index is 5.56. The van der Waals surface area contributed by atoms with E-state index in [0.29, 0.717) is 12.4 Å². The minimum Gasteiger partial charge on any atom is -0.267 e. The Morgan fingerprint density at radius 3 is 3.00 bits per heavy atom. The first kappa shape index (κ1) is 8.81. The first-order valence-corrected chi connectivity index (χ1v) is 4.45. The summed E-state index contributed by atoms with van der Waals surface area (Å²) in [5.41, 5.74) is 0.960. The van der Waals surface area contributed by atoms with E-state index in [0.717, 1.165) is 10.0 Å². The van der Waals surface area contributed by atoms with E-state index >= 15 is 0 Å². The fourth-order valence-corrected chi connectivity index (χ4v) is 1.11. The van der Waals surface area contributed by atoms with Crippen molar-refractivity contribution in [2.75, 3.05) is 5.88 Å². The Morgan fingerprint density at radius 2 is 2.55 bits per heavy atom. The van der Waals surface area contributed by atoms with Crippen LogP contribution in [0, 0.1) is 0 Å². The highest BCUT2D eigenvalue weighted by Gasteiger charge is 1.96. The zero-order chi connectivity index (χ0) is 8.27. The monoisotopic (exact) mass is 234 g/mol. The highest BCUT2D eigenvalue weighted by molar-refractivity contribution is 9.10. The molecule has 4 heteroatoms. The number of halogens is 2. The topological polar surface area (TPSA) is 17.8 Å². The number of alkyl halides is 1. The summed E-state index contributed by atoms with van der Waals surface area (Å²) < 4.78 is 2.76. The quantitative estimate of drug-likeness (QED) is 0.581. The van der Waals surface area contributed by atoms with E-state index in [4.69, 9.17) is 11.6 Å². The number of hydrogen-bond acceptors (Lipinski definition) is 1. The van der Waals surface area contributed by atoms with Gasteiger partial charge in [-0.25, -0.2) is 0 Å². The molecule has 0 aliphatic heterocycles. The van der Waals surface area contributed by atoms with E-state index in [1.807, 2.05) is 6.20 Å². The molecule has 0 aliphatic rings. The molecule has 2 nitrogen and oxygen atoms in total. The van der Waals surface area contributed by atoms with Gasteiger partial charge in [-0.05, 0) is 21.5 Å². The molecule has 11 heavy (non-hydrogen) atoms. The van der Waals surface area contributed by atoms with Crippen molar-refractivity contribution in [2.24, 2.45) is 0 Å². The Kier molecular flexibility index (Phi) is 3.15. The highest BCUT2D eigenvalue weighted by atomic mass is 79.9. The molecule has 1 rings (SSSR count). The third-order valence-electron chi connectivity index (χ3n) is 1.18. The van der Waals surface area contributed by atoms with Gasteiger partial charge in [-0.15, -0.1) is 11.6 Å². The van der Waals surface area contributed by atoms with Crippen LogP contribution < -0.4 is 0 Å². The van der Waals surface area contributed by atoms with Crippen LogP contribution in [0.5, 0.6) is 0 Å². The Hall–Kier alpha value is -0.280. The summed E-state index contributed by atoms with van der Waals surface area (Å²) in [5, 5.41) is 4.05. The number of hydrogen-bond donors (Lipinski definition) is 0. The minimum absolute atomic E-state index is 0.484. The molecular weight excluding hydrogens is 227 g/mol. The first-order chi connectivity index (χ1) is 5.22. The maximum absolute atomic E-state index is 5.56. The standard InChI is InChI=1S/C7H8BrClN2/c1-6(2-9)4-11-5-7(8)3-10-11/h3,5H,1-2,4H2. The van der Waals surface area contributed by atoms with Crippen molar-refractivity contribution in [1.82, 2.24) is 9.78 Å². The normalized spacial score (nSPS) is 10.0. The smallest absolute Gasteiger partial charge is 0.0632 e. The third-order valence-corrected chi connectivity index (χ3v) is 1.96. The number of aromatic nitrogens is 2. The average molecular weight is 236 g/mol. The molecule has 0 aliphatic carbocycles. The largest absolute Gasteiger partial charge is 0.267 e. The molecule has 0 aromatic carbocycles. The second-order valence-electron chi connectivity index (χ2n) is 2.24. The van der Waals surface area contributed by atoms with Crippen molar-refractivity contribution in [3.8, 4) is 0 Å². The van der Waals surface area contributed by atoms with Crippen LogP contribution in [0.4, 0.5) is 0 Å². The Labute approximate surface area is 79.0 Å². The van der Waals surface area contributed by atoms with Gasteiger partial charge in [0.1, 0.15) is 0 Å². The first-order valence-electron chi connectivity index (χ1n) is 3.13. The van der Waals surface area contributed by atoms with Crippen LogP contribution in [0.15, 0.2) is 29.0 Å². The van der Waals surface area contributed by atoms with E-state index in [2.05, 4.69) is 27.6 Å². The summed E-state index contributed by atoms with van der Waals surface area (Å²) >= 11 is 8.85. The van der Waals surface area contributed by atoms with Gasteiger partial charge in [0.15, 0.2) is 0 Å². The van der Waals surface area contributed by atoms with Gasteiger partial charge in [-0.1, -0.05) is 6.58 Å². The molecule has 1 heterocycles. The highest BCUT2D eigenvalue weighted by Crippen LogP contribution is 2.07. The van der Waals surface area contributed by atoms with Crippen LogP contribution in [0.1, 0.15) is 0 Å². The van der Waals surface area contributed by atoms with Gasteiger partial charge in [0.25, 0.3) is 0 Å². The SMILES string of the molecule is C=C(CCl)Cn1cc(Br)cn1. The summed E-state index contributed by atoms with van der Waals surface area (Å²) in [6.45, 7) is 4.46. The van der Waals surface area contributed by atoms with Crippen molar-refractivity contribution in [2.45, 2.75) is 6.54 Å². The van der Waals surface area contributed by atoms with E-state index in [1.165, 1.54) is 0 Å². The van der Waals surface area contributed by atoms with Gasteiger partial charge < -0.3 is 0 Å². The van der Waals surface area contributed by atoms with Gasteiger partial charge >= 0.3 is 0 Å². The number of rotatable bonds is 3. The molecule has 60 valence electrons. The fourth-order valence-electron chi connectivity index (χ4n) is 0.696. The molecule has 0 N–H and O–H groups in total. The van der Waals surface area contributed by atoms with Crippen molar-refractivity contribution >= 4 is 27.5 Å². The van der Waals surface area contributed by atoms with Crippen LogP contribution in [0.25, 0.3) is 0 Å². The Bertz CT molecular complexity index is 257. The van der Waals surface area contributed by atoms with Gasteiger partial charge in [0, 0.05) is 12.1 Å². The molecule has 1 aromatic rings. The summed E-state index contributed by atoms with van der Waals surface area (Å²) in [6, 6.07) is 0. The summed E-state index contributed by atoms with van der Waals surface area (Å²) in [5.74, 6) is 0.484. The van der Waals surface area contributed by atoms with Gasteiger partial charge in [-0.3, -0.25) is 4.68 Å². The maximum Gasteiger partial charge on any atom is 0.0632 e. The van der Waals surface area contributed by atoms with Gasteiger partial charge in [-0.2, -0.15) is 5.10 Å². The predicted octanol–water partition coefficient (Wildman–Crippen LogP) is 2.44. The lowest BCUT2D eigenvalue weighted by Crippen LogP contribution is -2.00. The summed E-state index contributed by atoms with van der Waals surface area (Å²) in [4.78, 5) is 0. The van der Waals surface area contributed by atoms with E-state index in [9.17, 15) is 0 Å². The fraction of sp³-hybridized carbons (Fsp3) is 0.286. The van der Waals surface area contributed by atoms with Crippen molar-refractivity contribution in [3.05, 3.63) is 29.0 Å². The van der Waals surface area contributed by atoms with Gasteiger partial charge in [0.05, 0.1) is 17.2 Å². The van der Waals surface area contributed by atoms with E-state index in [-0.39, 0.29) is 0 Å². The van der Waals surface area contributed by atoms with Crippen molar-refractivity contribution in [1.29, 1.82) is 0 Å². The van der Waals surface area contributed by atoms with Crippen LogP contribution in [-0.2, 0) is 6.54 Å². The molecule has 0 bridgehead atoms. The van der Waals surface area contributed by atoms with Crippen LogP contribution in [-0.4, -0.2) is 15.7 Å². The molecule has 0 unspecified atom stereocenters. The summed E-state index contributed by atoms with van der Waals surface area (Å²) in [7, 11) is 0. The minimum atomic E-state index is 0.484. The van der Waals surface area contributed by atoms with Crippen LogP contribution >= 0.6 is 27.5 Å². The van der Waals surface area contributed by atoms with Crippen LogP contribution in [0.2, 0.25) is 0 Å². The molecule has 0 fully saturated rings. The number of nitrogens with zero attached hydrogens (tertiary/aromatic N) is 2. The van der Waals surface area contributed by atoms with Crippen molar-refractivity contribution in [3.63, 3.8) is 0 Å². The third kappa shape index (κ3) is 2.67. The van der Waals surface area contributed by atoms with Crippen molar-refractivity contribution < 1.29 is 0 Å². The molecule has 0 atom stereocenters. The van der Waals surface area contributed by atoms with Gasteiger partial charge in [0.2, 0.25) is 0 Å². The summed E-state index contributed by atoms with van der Waals surface area (Å²) in [6.07, 6.45) is 3.62. The van der Waals surface area contributed by atoms with Crippen LogP contribution in [0.3, 0.4) is 0 Å². The lowest BCUT2D eigenvalue weighted by molar-refractivity contribution is 0.679. The molecule has 0 saturated carbocycles. The molecule has 0 saturated heterocycles. The van der Waals surface area contributed by atoms with E-state index in [1.54, 1.807) is 10.9 Å². The molecule has 0 amide bonds. The molecule has 0 radical (unpaired) electrons. The molecule has 0 spiro atoms. The number of allylic oxidation sites excluding steroid dienone is 1. The zero-order valence-electron chi connectivity index (χ0n) is 5.93. The lowest BCUT2D eigenvalue weighted by atomic mass is 10.3. The molecule has 1 aromatic heterocycles. The lowest BCUT2D eigenvalue weighted by Gasteiger charge is -1.99. The second kappa shape index (κ2) is 3.93. The average Bonchev–Trinajstić information content (AvgIpc) is 2.35. The zero-order valence-corrected chi connectivity index (χ0v) is 8.27. The Balaban J connectivity index is 2.57.